The minimum absolute atomic E-state index is 0.325. The lowest BCUT2D eigenvalue weighted by molar-refractivity contribution is -0.120. The number of aryl methyl sites for hydroxylation is 1. The van der Waals surface area contributed by atoms with Crippen LogP contribution in [0.1, 0.15) is 5.56 Å². The summed E-state index contributed by atoms with van der Waals surface area (Å²) < 4.78 is 0.803. The molecule has 0 spiro atoms. The van der Waals surface area contributed by atoms with E-state index in [1.165, 1.54) is 0 Å². The lowest BCUT2D eigenvalue weighted by Crippen LogP contribution is -2.48. The van der Waals surface area contributed by atoms with Gasteiger partial charge in [0.25, 0.3) is 5.91 Å². The van der Waals surface area contributed by atoms with Crippen LogP contribution in [0.15, 0.2) is 47.1 Å². The largest absolute Gasteiger partial charge is 0.337 e. The highest BCUT2D eigenvalue weighted by molar-refractivity contribution is 9.10. The molecule has 0 unspecified atom stereocenters. The van der Waals surface area contributed by atoms with Crippen LogP contribution in [0.5, 0.6) is 0 Å². The van der Waals surface area contributed by atoms with Crippen LogP contribution in [0.4, 0.5) is 21.1 Å². The lowest BCUT2D eigenvalue weighted by Gasteiger charge is -2.10. The van der Waals surface area contributed by atoms with E-state index in [0.717, 1.165) is 10.0 Å². The van der Waals surface area contributed by atoms with Gasteiger partial charge in [0.2, 0.25) is 0 Å². The Morgan fingerprint density at radius 1 is 1.04 bits per heavy atom. The zero-order valence-electron chi connectivity index (χ0n) is 13.8. The van der Waals surface area contributed by atoms with E-state index in [4.69, 9.17) is 0 Å². The summed E-state index contributed by atoms with van der Waals surface area (Å²) in [7, 11) is 0. The number of urea groups is 2. The normalized spacial score (nSPS) is 9.77. The zero-order valence-corrected chi connectivity index (χ0v) is 15.4. The molecule has 1 heterocycles. The zero-order chi connectivity index (χ0) is 18.9. The van der Waals surface area contributed by atoms with E-state index in [1.807, 2.05) is 13.0 Å². The molecule has 0 saturated heterocycles. The molecule has 10 heteroatoms. The number of carbonyl (C=O) groups is 3. The van der Waals surface area contributed by atoms with Gasteiger partial charge in [0.05, 0.1) is 0 Å². The van der Waals surface area contributed by atoms with Crippen LogP contribution in [0.2, 0.25) is 0 Å². The first-order valence-corrected chi connectivity index (χ1v) is 8.30. The average Bonchev–Trinajstić information content (AvgIpc) is 2.60. The highest BCUT2D eigenvalue weighted by atomic mass is 79.9. The Hall–Kier alpha value is -3.14. The Morgan fingerprint density at radius 2 is 1.85 bits per heavy atom. The number of nitrogens with zero attached hydrogens (tertiary/aromatic N) is 1. The highest BCUT2D eigenvalue weighted by Crippen LogP contribution is 2.15. The van der Waals surface area contributed by atoms with E-state index in [2.05, 4.69) is 47.7 Å². The monoisotopic (exact) mass is 420 g/mol. The number of amides is 5. The molecule has 2 rings (SSSR count). The number of anilines is 2. The van der Waals surface area contributed by atoms with Gasteiger partial charge in [-0.25, -0.2) is 20.0 Å². The SMILES string of the molecule is Cc1ccc(NC(=O)NCC(=O)NNC(=O)Nc2cccc(Br)c2)nc1. The van der Waals surface area contributed by atoms with E-state index in [9.17, 15) is 14.4 Å². The Balaban J connectivity index is 1.67. The van der Waals surface area contributed by atoms with Crippen LogP contribution in [0.3, 0.4) is 0 Å². The fraction of sp³-hybridized carbons (Fsp3) is 0.125. The Morgan fingerprint density at radius 3 is 2.54 bits per heavy atom. The van der Waals surface area contributed by atoms with Gasteiger partial charge < -0.3 is 10.6 Å². The molecular weight excluding hydrogens is 404 g/mol. The second kappa shape index (κ2) is 9.37. The van der Waals surface area contributed by atoms with Gasteiger partial charge in [-0.1, -0.05) is 28.1 Å². The van der Waals surface area contributed by atoms with E-state index < -0.39 is 18.0 Å². The number of hydrogen-bond acceptors (Lipinski definition) is 4. The summed E-state index contributed by atoms with van der Waals surface area (Å²) in [5, 5.41) is 7.37. The van der Waals surface area contributed by atoms with Crippen molar-refractivity contribution in [1.82, 2.24) is 21.2 Å². The van der Waals surface area contributed by atoms with Gasteiger partial charge in [-0.05, 0) is 36.8 Å². The molecule has 136 valence electrons. The molecule has 0 aliphatic heterocycles. The first-order chi connectivity index (χ1) is 12.4. The van der Waals surface area contributed by atoms with Crippen molar-refractivity contribution >= 4 is 45.4 Å². The summed E-state index contributed by atoms with van der Waals surface area (Å²) in [6, 6.07) is 9.19. The number of hydrogen-bond donors (Lipinski definition) is 5. The van der Waals surface area contributed by atoms with Gasteiger partial charge in [0, 0.05) is 16.4 Å². The van der Waals surface area contributed by atoms with Crippen molar-refractivity contribution in [3.63, 3.8) is 0 Å². The summed E-state index contributed by atoms with van der Waals surface area (Å²) in [5.74, 6) is -0.235. The standard InChI is InChI=1S/C16H17BrN6O3/c1-10-5-6-13(18-8-10)21-15(25)19-9-14(24)22-23-16(26)20-12-4-2-3-11(17)7-12/h2-8H,9H2,1H3,(H,22,24)(H2,20,23,26)(H2,18,19,21,25). The Bertz CT molecular complexity index is 797. The van der Waals surface area contributed by atoms with E-state index in [-0.39, 0.29) is 6.54 Å². The van der Waals surface area contributed by atoms with Crippen molar-refractivity contribution in [2.24, 2.45) is 0 Å². The van der Waals surface area contributed by atoms with Crippen molar-refractivity contribution in [3.05, 3.63) is 52.6 Å². The molecule has 5 amide bonds. The highest BCUT2D eigenvalue weighted by Gasteiger charge is 2.08. The van der Waals surface area contributed by atoms with Crippen molar-refractivity contribution in [1.29, 1.82) is 0 Å². The van der Waals surface area contributed by atoms with Gasteiger partial charge in [-0.2, -0.15) is 0 Å². The quantitative estimate of drug-likeness (QED) is 0.485. The van der Waals surface area contributed by atoms with Gasteiger partial charge in [0.1, 0.15) is 12.4 Å². The van der Waals surface area contributed by atoms with Crippen LogP contribution in [0, 0.1) is 6.92 Å². The molecule has 5 N–H and O–H groups in total. The number of nitrogens with one attached hydrogen (secondary N) is 5. The molecule has 1 aromatic carbocycles. The Labute approximate surface area is 158 Å². The summed E-state index contributed by atoms with van der Waals surface area (Å²) >= 11 is 3.28. The van der Waals surface area contributed by atoms with E-state index >= 15 is 0 Å². The fourth-order valence-electron chi connectivity index (χ4n) is 1.76. The third kappa shape index (κ3) is 6.77. The number of carbonyl (C=O) groups excluding carboxylic acids is 3. The molecule has 9 nitrogen and oxygen atoms in total. The van der Waals surface area contributed by atoms with Crippen LogP contribution in [-0.4, -0.2) is 29.5 Å². The van der Waals surface area contributed by atoms with Gasteiger partial charge in [-0.3, -0.25) is 15.5 Å². The Kier molecular flexibility index (Phi) is 6.92. The number of pyridine rings is 1. The van der Waals surface area contributed by atoms with Crippen LogP contribution in [-0.2, 0) is 4.79 Å². The maximum Gasteiger partial charge on any atom is 0.337 e. The molecule has 0 radical (unpaired) electrons. The number of hydrazine groups is 1. The van der Waals surface area contributed by atoms with Crippen molar-refractivity contribution in [2.75, 3.05) is 17.2 Å². The number of benzene rings is 1. The molecule has 0 aliphatic carbocycles. The van der Waals surface area contributed by atoms with E-state index in [1.54, 1.807) is 36.5 Å². The summed E-state index contributed by atoms with van der Waals surface area (Å²) in [6.07, 6.45) is 1.61. The second-order valence-corrected chi connectivity index (χ2v) is 6.08. The predicted octanol–water partition coefficient (Wildman–Crippen LogP) is 2.13. The topological polar surface area (TPSA) is 124 Å². The summed E-state index contributed by atoms with van der Waals surface area (Å²) in [6.45, 7) is 1.55. The fourth-order valence-corrected chi connectivity index (χ4v) is 2.16. The molecule has 0 aliphatic rings. The number of rotatable bonds is 4. The van der Waals surface area contributed by atoms with Gasteiger partial charge in [0.15, 0.2) is 0 Å². The smallest absolute Gasteiger partial charge is 0.329 e. The van der Waals surface area contributed by atoms with Crippen molar-refractivity contribution in [2.45, 2.75) is 6.92 Å². The van der Waals surface area contributed by atoms with Crippen molar-refractivity contribution in [3.8, 4) is 0 Å². The van der Waals surface area contributed by atoms with Crippen LogP contribution < -0.4 is 26.8 Å². The minimum Gasteiger partial charge on any atom is -0.329 e. The molecule has 0 atom stereocenters. The van der Waals surface area contributed by atoms with Crippen molar-refractivity contribution < 1.29 is 14.4 Å². The van der Waals surface area contributed by atoms with E-state index in [0.29, 0.717) is 11.5 Å². The summed E-state index contributed by atoms with van der Waals surface area (Å²) in [5.41, 5.74) is 5.87. The minimum atomic E-state index is -0.621. The average molecular weight is 421 g/mol. The maximum atomic E-state index is 11.7. The first-order valence-electron chi connectivity index (χ1n) is 7.51. The number of halogens is 1. The lowest BCUT2D eigenvalue weighted by atomic mass is 10.3. The number of aromatic nitrogens is 1. The van der Waals surface area contributed by atoms with Crippen LogP contribution in [0.25, 0.3) is 0 Å². The van der Waals surface area contributed by atoms with Gasteiger partial charge in [-0.15, -0.1) is 0 Å². The first kappa shape index (κ1) is 19.2. The van der Waals surface area contributed by atoms with Gasteiger partial charge >= 0.3 is 12.1 Å². The molecule has 0 fully saturated rings. The molecule has 26 heavy (non-hydrogen) atoms. The summed E-state index contributed by atoms with van der Waals surface area (Å²) in [4.78, 5) is 39.0. The van der Waals surface area contributed by atoms with Crippen LogP contribution >= 0.6 is 15.9 Å². The molecule has 2 aromatic rings. The molecular formula is C16H17BrN6O3. The maximum absolute atomic E-state index is 11.7. The molecule has 0 saturated carbocycles. The predicted molar refractivity (Wildman–Crippen MR) is 100 cm³/mol. The second-order valence-electron chi connectivity index (χ2n) is 5.17. The third-order valence-electron chi connectivity index (χ3n) is 2.96. The molecule has 0 bridgehead atoms. The molecule has 1 aromatic heterocycles. The third-order valence-corrected chi connectivity index (χ3v) is 3.45.